The predicted molar refractivity (Wildman–Crippen MR) is 92.1 cm³/mol. The van der Waals surface area contributed by atoms with Crippen molar-refractivity contribution < 1.29 is 13.2 Å². The van der Waals surface area contributed by atoms with E-state index in [2.05, 4.69) is 36.6 Å². The van der Waals surface area contributed by atoms with E-state index in [1.807, 2.05) is 18.2 Å². The summed E-state index contributed by atoms with van der Waals surface area (Å²) < 4.78 is 22.8. The molecule has 2 unspecified atom stereocenters. The van der Waals surface area contributed by atoms with Gasteiger partial charge >= 0.3 is 6.03 Å². The van der Waals surface area contributed by atoms with Gasteiger partial charge in [-0.1, -0.05) is 44.2 Å². The summed E-state index contributed by atoms with van der Waals surface area (Å²) in [6, 6.07) is 9.70. The van der Waals surface area contributed by atoms with Gasteiger partial charge in [0.25, 0.3) is 0 Å². The third kappa shape index (κ3) is 5.86. The van der Waals surface area contributed by atoms with Crippen LogP contribution in [0.4, 0.5) is 4.79 Å². The molecular weight excluding hydrogens is 312 g/mol. The molecule has 1 aliphatic rings. The zero-order chi connectivity index (χ0) is 16.9. The molecule has 0 spiro atoms. The molecule has 6 heteroatoms. The molecule has 1 saturated heterocycles. The highest BCUT2D eigenvalue weighted by molar-refractivity contribution is 7.91. The topological polar surface area (TPSA) is 75.3 Å². The summed E-state index contributed by atoms with van der Waals surface area (Å²) in [5.74, 6) is 1.01. The Morgan fingerprint density at radius 2 is 1.96 bits per heavy atom. The van der Waals surface area contributed by atoms with E-state index in [1.165, 1.54) is 5.56 Å². The van der Waals surface area contributed by atoms with Crippen LogP contribution in [0.25, 0.3) is 0 Å². The summed E-state index contributed by atoms with van der Waals surface area (Å²) in [4.78, 5) is 12.0. The summed E-state index contributed by atoms with van der Waals surface area (Å²) in [5, 5.41) is 5.66. The van der Waals surface area contributed by atoms with Gasteiger partial charge in [-0.3, -0.25) is 0 Å². The van der Waals surface area contributed by atoms with Crippen molar-refractivity contribution in [3.8, 4) is 0 Å². The van der Waals surface area contributed by atoms with Crippen LogP contribution in [0.15, 0.2) is 30.3 Å². The van der Waals surface area contributed by atoms with E-state index >= 15 is 0 Å². The Kier molecular flexibility index (Phi) is 6.04. The molecule has 1 aromatic carbocycles. The van der Waals surface area contributed by atoms with Crippen molar-refractivity contribution in [1.29, 1.82) is 0 Å². The Morgan fingerprint density at radius 1 is 1.26 bits per heavy atom. The Labute approximate surface area is 138 Å². The van der Waals surface area contributed by atoms with Gasteiger partial charge in [-0.2, -0.15) is 0 Å². The zero-order valence-electron chi connectivity index (χ0n) is 13.8. The van der Waals surface area contributed by atoms with Crippen LogP contribution in [0, 0.1) is 11.8 Å². The van der Waals surface area contributed by atoms with Crippen molar-refractivity contribution in [3.05, 3.63) is 35.9 Å². The molecule has 5 nitrogen and oxygen atoms in total. The Hall–Kier alpha value is -1.56. The van der Waals surface area contributed by atoms with E-state index in [0.717, 1.165) is 6.42 Å². The molecule has 0 saturated carbocycles. The number of rotatable bonds is 6. The number of carbonyl (C=O) groups excluding carboxylic acids is 1. The van der Waals surface area contributed by atoms with E-state index in [4.69, 9.17) is 0 Å². The molecule has 2 rings (SSSR count). The number of carbonyl (C=O) groups is 1. The maximum absolute atomic E-state index is 12.0. The van der Waals surface area contributed by atoms with Gasteiger partial charge in [0.05, 0.1) is 11.5 Å². The second-order valence-electron chi connectivity index (χ2n) is 6.65. The number of hydrogen-bond acceptors (Lipinski definition) is 3. The molecule has 1 aromatic rings. The number of benzene rings is 1. The number of hydrogen-bond donors (Lipinski definition) is 2. The highest BCUT2D eigenvalue weighted by atomic mass is 32.2. The highest BCUT2D eigenvalue weighted by Gasteiger charge is 2.29. The first kappa shape index (κ1) is 17.8. The molecule has 2 N–H and O–H groups in total. The minimum Gasteiger partial charge on any atom is -0.338 e. The lowest BCUT2D eigenvalue weighted by Gasteiger charge is -2.22. The molecule has 23 heavy (non-hydrogen) atoms. The van der Waals surface area contributed by atoms with Gasteiger partial charge in [0.1, 0.15) is 0 Å². The molecular formula is C17H26N2O3S. The summed E-state index contributed by atoms with van der Waals surface area (Å²) >= 11 is 0. The largest absolute Gasteiger partial charge is 0.338 e. The van der Waals surface area contributed by atoms with Gasteiger partial charge in [0.2, 0.25) is 0 Å². The van der Waals surface area contributed by atoms with Gasteiger partial charge in [0.15, 0.2) is 9.84 Å². The Bertz CT molecular complexity index is 614. The molecule has 1 heterocycles. The van der Waals surface area contributed by atoms with Crippen molar-refractivity contribution in [3.63, 3.8) is 0 Å². The maximum Gasteiger partial charge on any atom is 0.315 e. The van der Waals surface area contributed by atoms with Crippen molar-refractivity contribution in [2.45, 2.75) is 32.7 Å². The predicted octanol–water partition coefficient (Wildman–Crippen LogP) is 1.99. The second kappa shape index (κ2) is 7.81. The van der Waals surface area contributed by atoms with E-state index in [1.54, 1.807) is 0 Å². The first-order chi connectivity index (χ1) is 10.9. The lowest BCUT2D eigenvalue weighted by molar-refractivity contribution is 0.233. The van der Waals surface area contributed by atoms with Crippen LogP contribution in [0.5, 0.6) is 0 Å². The quantitative estimate of drug-likeness (QED) is 0.833. The molecule has 0 aromatic heterocycles. The number of urea groups is 1. The third-order valence-electron chi connectivity index (χ3n) is 4.38. The van der Waals surface area contributed by atoms with Crippen molar-refractivity contribution in [1.82, 2.24) is 10.6 Å². The molecule has 2 atom stereocenters. The minimum atomic E-state index is -2.97. The summed E-state index contributed by atoms with van der Waals surface area (Å²) in [5.41, 5.74) is 1.26. The van der Waals surface area contributed by atoms with E-state index in [-0.39, 0.29) is 23.6 Å². The lowest BCUT2D eigenvalue weighted by Crippen LogP contribution is -2.44. The Morgan fingerprint density at radius 3 is 2.52 bits per heavy atom. The fraction of sp³-hybridized carbons (Fsp3) is 0.588. The molecule has 0 radical (unpaired) electrons. The first-order valence-electron chi connectivity index (χ1n) is 8.14. The molecule has 128 valence electrons. The summed E-state index contributed by atoms with van der Waals surface area (Å²) in [7, 11) is -2.97. The minimum absolute atomic E-state index is 0.0536. The number of amides is 2. The van der Waals surface area contributed by atoms with Crippen LogP contribution in [0.3, 0.4) is 0 Å². The first-order valence-corrected chi connectivity index (χ1v) is 9.96. The van der Waals surface area contributed by atoms with Gasteiger partial charge in [-0.15, -0.1) is 0 Å². The van der Waals surface area contributed by atoms with Gasteiger partial charge < -0.3 is 10.6 Å². The van der Waals surface area contributed by atoms with E-state index < -0.39 is 9.84 Å². The van der Waals surface area contributed by atoms with Crippen molar-refractivity contribution >= 4 is 15.9 Å². The Balaban J connectivity index is 1.80. The fourth-order valence-electron chi connectivity index (χ4n) is 2.83. The van der Waals surface area contributed by atoms with Crippen molar-refractivity contribution in [2.24, 2.45) is 11.8 Å². The van der Waals surface area contributed by atoms with Crippen LogP contribution in [0.2, 0.25) is 0 Å². The third-order valence-corrected chi connectivity index (χ3v) is 6.14. The maximum atomic E-state index is 12.0. The van der Waals surface area contributed by atoms with Crippen LogP contribution >= 0.6 is 0 Å². The van der Waals surface area contributed by atoms with Gasteiger partial charge in [0, 0.05) is 12.6 Å². The standard InChI is InChI=1S/C17H26N2O3S/c1-13(2)15(10-14-6-4-3-5-7-14)11-18-17(20)19-16-8-9-23(21,22)12-16/h3-7,13,15-16H,8-12H2,1-2H3,(H2,18,19,20). The van der Waals surface area contributed by atoms with Crippen LogP contribution in [-0.4, -0.2) is 38.5 Å². The van der Waals surface area contributed by atoms with Crippen molar-refractivity contribution in [2.75, 3.05) is 18.1 Å². The SMILES string of the molecule is CC(C)C(CNC(=O)NC1CCS(=O)(=O)C1)Cc1ccccc1. The van der Waals surface area contributed by atoms with Gasteiger partial charge in [-0.05, 0) is 30.2 Å². The molecule has 1 fully saturated rings. The summed E-state index contributed by atoms with van der Waals surface area (Å²) in [6.45, 7) is 4.88. The van der Waals surface area contributed by atoms with E-state index in [9.17, 15) is 13.2 Å². The van der Waals surface area contributed by atoms with E-state index in [0.29, 0.717) is 24.8 Å². The summed E-state index contributed by atoms with van der Waals surface area (Å²) in [6.07, 6.45) is 1.42. The number of sulfone groups is 1. The average Bonchev–Trinajstić information content (AvgIpc) is 2.83. The monoisotopic (exact) mass is 338 g/mol. The molecule has 0 aliphatic carbocycles. The van der Waals surface area contributed by atoms with Crippen LogP contribution in [0.1, 0.15) is 25.8 Å². The average molecular weight is 338 g/mol. The second-order valence-corrected chi connectivity index (χ2v) is 8.88. The van der Waals surface area contributed by atoms with Crippen LogP contribution < -0.4 is 10.6 Å². The smallest absolute Gasteiger partial charge is 0.315 e. The molecule has 0 bridgehead atoms. The highest BCUT2D eigenvalue weighted by Crippen LogP contribution is 2.16. The fourth-order valence-corrected chi connectivity index (χ4v) is 4.50. The molecule has 2 amide bonds. The molecule has 1 aliphatic heterocycles. The normalized spacial score (nSPS) is 21.1. The van der Waals surface area contributed by atoms with Crippen LogP contribution in [-0.2, 0) is 16.3 Å². The lowest BCUT2D eigenvalue weighted by atomic mass is 9.89. The van der Waals surface area contributed by atoms with Gasteiger partial charge in [-0.25, -0.2) is 13.2 Å². The number of nitrogens with one attached hydrogen (secondary N) is 2. The zero-order valence-corrected chi connectivity index (χ0v) is 14.6.